The number of likely N-dealkylation sites (tertiary alicyclic amines) is 1. The van der Waals surface area contributed by atoms with Crippen LogP contribution in [-0.2, 0) is 28.6 Å². The number of imide groups is 1. The number of fused-ring (bicyclic) bond motifs is 1. The van der Waals surface area contributed by atoms with Gasteiger partial charge in [-0.25, -0.2) is 14.5 Å². The van der Waals surface area contributed by atoms with Crippen LogP contribution in [0, 0.1) is 11.8 Å². The summed E-state index contributed by atoms with van der Waals surface area (Å²) in [7, 11) is 1.52. The maximum Gasteiger partial charge on any atom is 0.509 e. The van der Waals surface area contributed by atoms with Crippen LogP contribution in [-0.4, -0.2) is 90.2 Å². The molecule has 2 aromatic rings. The van der Waals surface area contributed by atoms with Crippen molar-refractivity contribution in [2.24, 2.45) is 11.8 Å². The van der Waals surface area contributed by atoms with E-state index in [1.54, 1.807) is 45.0 Å². The number of methoxy groups -OCH3 is 1. The third-order valence-corrected chi connectivity index (χ3v) is 7.63. The lowest BCUT2D eigenvalue weighted by Gasteiger charge is -2.25. The highest BCUT2D eigenvalue weighted by Gasteiger charge is 2.40. The van der Waals surface area contributed by atoms with E-state index in [1.807, 2.05) is 20.8 Å². The Morgan fingerprint density at radius 1 is 1.06 bits per heavy atom. The number of ketones is 1. The number of carbonyl (C=O) groups is 6. The van der Waals surface area contributed by atoms with E-state index in [1.165, 1.54) is 7.11 Å². The van der Waals surface area contributed by atoms with Crippen LogP contribution in [0.15, 0.2) is 24.3 Å². The van der Waals surface area contributed by atoms with Gasteiger partial charge in [-0.2, -0.15) is 0 Å². The van der Waals surface area contributed by atoms with Gasteiger partial charge in [-0.15, -0.1) is 0 Å². The van der Waals surface area contributed by atoms with E-state index in [9.17, 15) is 28.8 Å². The maximum absolute atomic E-state index is 13.7. The van der Waals surface area contributed by atoms with Crippen LogP contribution in [0.1, 0.15) is 84.1 Å². The second kappa shape index (κ2) is 17.0. The van der Waals surface area contributed by atoms with Crippen molar-refractivity contribution < 1.29 is 47.7 Å². The molecule has 264 valence electrons. The van der Waals surface area contributed by atoms with Crippen molar-refractivity contribution in [3.05, 3.63) is 30.0 Å². The molecule has 1 aliphatic heterocycles. The minimum Gasteiger partial charge on any atom is -0.496 e. The number of rotatable bonds is 15. The molecule has 4 amide bonds. The zero-order chi connectivity index (χ0) is 35.6. The first-order valence-corrected chi connectivity index (χ1v) is 16.3. The predicted molar refractivity (Wildman–Crippen MR) is 175 cm³/mol. The lowest BCUT2D eigenvalue weighted by molar-refractivity contribution is -0.133. The quantitative estimate of drug-likeness (QED) is 0.180. The van der Waals surface area contributed by atoms with Crippen molar-refractivity contribution in [3.63, 3.8) is 0 Å². The van der Waals surface area contributed by atoms with Gasteiger partial charge in [-0.05, 0) is 70.6 Å². The van der Waals surface area contributed by atoms with E-state index in [0.717, 1.165) is 11.3 Å². The largest absolute Gasteiger partial charge is 0.509 e. The Bertz CT molecular complexity index is 1480. The molecule has 14 nitrogen and oxygen atoms in total. The first-order chi connectivity index (χ1) is 22.6. The fourth-order valence-corrected chi connectivity index (χ4v) is 5.23. The summed E-state index contributed by atoms with van der Waals surface area (Å²) >= 11 is 0. The zero-order valence-corrected chi connectivity index (χ0v) is 28.8. The van der Waals surface area contributed by atoms with Crippen molar-refractivity contribution in [2.45, 2.75) is 91.3 Å². The smallest absolute Gasteiger partial charge is 0.496 e. The van der Waals surface area contributed by atoms with Gasteiger partial charge in [0.15, 0.2) is 12.4 Å². The van der Waals surface area contributed by atoms with E-state index in [0.29, 0.717) is 23.1 Å². The molecular weight excluding hydrogens is 624 g/mol. The minimum absolute atomic E-state index is 0.0304. The summed E-state index contributed by atoms with van der Waals surface area (Å²) in [6, 6.07) is 4.62. The zero-order valence-electron chi connectivity index (χ0n) is 28.8. The third-order valence-electron chi connectivity index (χ3n) is 7.63. The van der Waals surface area contributed by atoms with Gasteiger partial charge >= 0.3 is 12.2 Å². The number of Topliss-reactive ketones (excluding diaryl/α,β-unsaturated/α-hetero) is 1. The van der Waals surface area contributed by atoms with E-state index in [-0.39, 0.29) is 44.0 Å². The molecular formula is C34H48N4O10. The number of unbranched alkanes of at least 4 members (excludes halogenated alkanes) is 1. The maximum atomic E-state index is 13.7. The van der Waals surface area contributed by atoms with Crippen LogP contribution in [0.2, 0.25) is 0 Å². The molecule has 3 rings (SSSR count). The number of nitrogens with one attached hydrogen (secondary N) is 3. The van der Waals surface area contributed by atoms with Gasteiger partial charge in [-0.1, -0.05) is 33.3 Å². The van der Waals surface area contributed by atoms with Crippen LogP contribution in [0.25, 0.3) is 10.9 Å². The fourth-order valence-electron chi connectivity index (χ4n) is 5.23. The van der Waals surface area contributed by atoms with E-state index >= 15 is 0 Å². The molecule has 0 radical (unpaired) electrons. The summed E-state index contributed by atoms with van der Waals surface area (Å²) in [6.07, 6.45) is -0.0537. The first-order valence-electron chi connectivity index (χ1n) is 16.3. The van der Waals surface area contributed by atoms with E-state index < -0.39 is 66.0 Å². The highest BCUT2D eigenvalue weighted by Crippen LogP contribution is 2.27. The highest BCUT2D eigenvalue weighted by molar-refractivity contribution is 6.02. The van der Waals surface area contributed by atoms with Gasteiger partial charge in [0.2, 0.25) is 11.8 Å². The summed E-state index contributed by atoms with van der Waals surface area (Å²) in [4.78, 5) is 82.3. The molecule has 0 saturated carbocycles. The molecule has 3 atom stereocenters. The number of benzene rings is 1. The second-order valence-corrected chi connectivity index (χ2v) is 13.2. The van der Waals surface area contributed by atoms with Crippen molar-refractivity contribution in [1.29, 1.82) is 0 Å². The van der Waals surface area contributed by atoms with Gasteiger partial charge in [0.05, 0.1) is 19.8 Å². The summed E-state index contributed by atoms with van der Waals surface area (Å²) < 4.78 is 20.7. The number of hydrogen-bond donors (Lipinski definition) is 3. The Kier molecular flexibility index (Phi) is 13.4. The molecule has 1 saturated heterocycles. The Balaban J connectivity index is 1.79. The SMILES string of the molecule is CCCCOC(=O)N1CC[C@@H](C[C@H](NC(=O)[C@H](CC(C)C)NC(=O)c2cc3c(OC)cccc3[nH]2)C(=O)COC(=O)OC(C)(C)C)C1=O. The number of aromatic nitrogens is 1. The first kappa shape index (κ1) is 37.8. The number of carbonyl (C=O) groups excluding carboxylic acids is 6. The number of hydrogen-bond acceptors (Lipinski definition) is 10. The number of amides is 4. The molecule has 1 aromatic carbocycles. The fraction of sp³-hybridized carbons (Fsp3) is 0.588. The van der Waals surface area contributed by atoms with Gasteiger partial charge < -0.3 is 34.6 Å². The topological polar surface area (TPSA) is 182 Å². The molecule has 14 heteroatoms. The lowest BCUT2D eigenvalue weighted by Crippen LogP contribution is -2.53. The van der Waals surface area contributed by atoms with Crippen molar-refractivity contribution in [3.8, 4) is 5.75 Å². The summed E-state index contributed by atoms with van der Waals surface area (Å²) in [5.74, 6) is -2.68. The van der Waals surface area contributed by atoms with E-state index in [4.69, 9.17) is 18.9 Å². The van der Waals surface area contributed by atoms with E-state index in [2.05, 4.69) is 15.6 Å². The standard InChI is InChI=1S/C34H48N4O10/c1-8-9-15-46-32(43)38-14-13-21(31(38)42)17-24(27(39)19-47-33(44)48-34(4,5)6)36-29(40)25(16-20(2)3)37-30(41)26-18-22-23(35-26)11-10-12-28(22)45-7/h10-12,18,20-21,24-25,35H,8-9,13-17,19H2,1-7H3,(H,36,40)(H,37,41)/t21-,24-,25-/m0/s1. The van der Waals surface area contributed by atoms with Gasteiger partial charge in [0.1, 0.15) is 23.1 Å². The Morgan fingerprint density at radius 2 is 1.79 bits per heavy atom. The Hall–Kier alpha value is -4.62. The molecule has 1 aromatic heterocycles. The van der Waals surface area contributed by atoms with Gasteiger partial charge in [-0.3, -0.25) is 19.2 Å². The highest BCUT2D eigenvalue weighted by atomic mass is 16.7. The van der Waals surface area contributed by atoms with Crippen LogP contribution < -0.4 is 15.4 Å². The van der Waals surface area contributed by atoms with Gasteiger partial charge in [0.25, 0.3) is 5.91 Å². The number of H-pyrrole nitrogens is 1. The molecule has 48 heavy (non-hydrogen) atoms. The molecule has 1 fully saturated rings. The molecule has 0 spiro atoms. The number of ether oxygens (including phenoxy) is 4. The molecule has 0 unspecified atom stereocenters. The normalized spacial score (nSPS) is 16.0. The minimum atomic E-state index is -1.28. The third kappa shape index (κ3) is 10.7. The summed E-state index contributed by atoms with van der Waals surface area (Å²) in [6.45, 7) is 10.2. The molecule has 0 bridgehead atoms. The monoisotopic (exact) mass is 672 g/mol. The molecule has 3 N–H and O–H groups in total. The summed E-state index contributed by atoms with van der Waals surface area (Å²) in [5.41, 5.74) is 0.0128. The Morgan fingerprint density at radius 3 is 2.44 bits per heavy atom. The van der Waals surface area contributed by atoms with Crippen molar-refractivity contribution in [1.82, 2.24) is 20.5 Å². The predicted octanol–water partition coefficient (Wildman–Crippen LogP) is 4.50. The van der Waals surface area contributed by atoms with Gasteiger partial charge in [0, 0.05) is 23.4 Å². The molecule has 0 aliphatic carbocycles. The van der Waals surface area contributed by atoms with Crippen molar-refractivity contribution in [2.75, 3.05) is 26.9 Å². The van der Waals surface area contributed by atoms with Crippen LogP contribution in [0.3, 0.4) is 0 Å². The van der Waals surface area contributed by atoms with Crippen LogP contribution in [0.4, 0.5) is 9.59 Å². The molecule has 2 heterocycles. The van der Waals surface area contributed by atoms with Crippen LogP contribution in [0.5, 0.6) is 5.75 Å². The van der Waals surface area contributed by atoms with Crippen LogP contribution >= 0.6 is 0 Å². The lowest BCUT2D eigenvalue weighted by atomic mass is 9.95. The second-order valence-electron chi connectivity index (χ2n) is 13.2. The average Bonchev–Trinajstić information content (AvgIpc) is 3.61. The number of aromatic amines is 1. The molecule has 1 aliphatic rings. The number of nitrogens with zero attached hydrogens (tertiary/aromatic N) is 1. The van der Waals surface area contributed by atoms with Crippen molar-refractivity contribution >= 4 is 46.7 Å². The summed E-state index contributed by atoms with van der Waals surface area (Å²) in [5, 5.41) is 6.12. The Labute approximate surface area is 280 Å². The average molecular weight is 673 g/mol.